The maximum Gasteiger partial charge on any atom is 0.233 e. The van der Waals surface area contributed by atoms with Crippen LogP contribution in [0.25, 0.3) is 0 Å². The lowest BCUT2D eigenvalue weighted by molar-refractivity contribution is -0.140. The molecule has 2 aliphatic rings. The number of unbranched alkanes of at least 4 members (excludes halogenated alkanes) is 2. The molecule has 26 heavy (non-hydrogen) atoms. The molecule has 1 saturated carbocycles. The maximum atomic E-state index is 13.0. The standard InChI is InChI=1S/C22H33NO3/c1-14(2)11-17-13-18(12-15(3)4)20-19(17)21(25)23(22(20)26)10-8-6-7-9-16(5)24/h11-12,17-20H,6-10,13H2,1-5H3. The molecule has 0 radical (unpaired) electrons. The summed E-state index contributed by atoms with van der Waals surface area (Å²) in [6.45, 7) is 10.3. The fraction of sp³-hybridized carbons (Fsp3) is 0.682. The second-order valence-corrected chi connectivity index (χ2v) is 8.44. The summed E-state index contributed by atoms with van der Waals surface area (Å²) in [5, 5.41) is 0. The number of likely N-dealkylation sites (tertiary alicyclic amines) is 1. The molecule has 2 fully saturated rings. The molecular formula is C22H33NO3. The fourth-order valence-electron chi connectivity index (χ4n) is 4.52. The third kappa shape index (κ3) is 4.72. The van der Waals surface area contributed by atoms with E-state index in [-0.39, 0.29) is 41.3 Å². The summed E-state index contributed by atoms with van der Waals surface area (Å²) in [6, 6.07) is 0. The van der Waals surface area contributed by atoms with Gasteiger partial charge < -0.3 is 4.79 Å². The van der Waals surface area contributed by atoms with Crippen molar-refractivity contribution in [2.24, 2.45) is 23.7 Å². The molecule has 2 rings (SSSR count). The van der Waals surface area contributed by atoms with Crippen LogP contribution < -0.4 is 0 Å². The number of hydrogen-bond acceptors (Lipinski definition) is 3. The lowest BCUT2D eigenvalue weighted by atomic mass is 9.88. The first-order valence-corrected chi connectivity index (χ1v) is 9.87. The summed E-state index contributed by atoms with van der Waals surface area (Å²) in [4.78, 5) is 38.5. The number of hydrogen-bond donors (Lipinski definition) is 0. The van der Waals surface area contributed by atoms with Crippen molar-refractivity contribution >= 4 is 17.6 Å². The minimum absolute atomic E-state index is 0.0127. The Labute approximate surface area is 157 Å². The molecule has 4 heteroatoms. The Balaban J connectivity index is 2.10. The molecule has 1 heterocycles. The molecule has 4 nitrogen and oxygen atoms in total. The molecule has 0 spiro atoms. The molecule has 144 valence electrons. The highest BCUT2D eigenvalue weighted by Gasteiger charge is 2.57. The topological polar surface area (TPSA) is 54.5 Å². The van der Waals surface area contributed by atoms with Crippen molar-refractivity contribution in [3.8, 4) is 0 Å². The van der Waals surface area contributed by atoms with E-state index in [0.717, 1.165) is 25.7 Å². The molecule has 1 aliphatic heterocycles. The number of allylic oxidation sites excluding steroid dienone is 4. The van der Waals surface area contributed by atoms with Gasteiger partial charge in [0, 0.05) is 13.0 Å². The molecule has 4 atom stereocenters. The number of carbonyl (C=O) groups is 3. The largest absolute Gasteiger partial charge is 0.300 e. The highest BCUT2D eigenvalue weighted by atomic mass is 16.2. The maximum absolute atomic E-state index is 13.0. The number of amides is 2. The van der Waals surface area contributed by atoms with Crippen molar-refractivity contribution in [2.45, 2.75) is 66.7 Å². The van der Waals surface area contributed by atoms with Crippen LogP contribution in [0.2, 0.25) is 0 Å². The van der Waals surface area contributed by atoms with Crippen LogP contribution in [0.5, 0.6) is 0 Å². The summed E-state index contributed by atoms with van der Waals surface area (Å²) < 4.78 is 0. The summed E-state index contributed by atoms with van der Waals surface area (Å²) >= 11 is 0. The lowest BCUT2D eigenvalue weighted by Crippen LogP contribution is -2.34. The highest BCUT2D eigenvalue weighted by molar-refractivity contribution is 6.06. The van der Waals surface area contributed by atoms with Crippen molar-refractivity contribution in [3.05, 3.63) is 23.3 Å². The third-order valence-corrected chi connectivity index (χ3v) is 5.46. The number of nitrogens with zero attached hydrogens (tertiary/aromatic N) is 1. The van der Waals surface area contributed by atoms with Crippen LogP contribution in [0.4, 0.5) is 0 Å². The number of Topliss-reactive ketones (excluding diaryl/α,β-unsaturated/α-hetero) is 1. The summed E-state index contributed by atoms with van der Waals surface area (Å²) in [6.07, 6.45) is 8.31. The van der Waals surface area contributed by atoms with Crippen molar-refractivity contribution < 1.29 is 14.4 Å². The minimum Gasteiger partial charge on any atom is -0.300 e. The van der Waals surface area contributed by atoms with Crippen LogP contribution in [-0.2, 0) is 14.4 Å². The van der Waals surface area contributed by atoms with Gasteiger partial charge in [-0.3, -0.25) is 14.5 Å². The summed E-state index contributed by atoms with van der Waals surface area (Å²) in [7, 11) is 0. The Morgan fingerprint density at radius 3 is 1.81 bits per heavy atom. The van der Waals surface area contributed by atoms with E-state index in [1.807, 2.05) is 0 Å². The summed E-state index contributed by atoms with van der Waals surface area (Å²) in [5.41, 5.74) is 2.41. The quantitative estimate of drug-likeness (QED) is 0.369. The molecule has 1 aliphatic carbocycles. The van der Waals surface area contributed by atoms with Crippen LogP contribution in [0, 0.1) is 23.7 Å². The smallest absolute Gasteiger partial charge is 0.233 e. The van der Waals surface area contributed by atoms with Crippen LogP contribution in [0.1, 0.15) is 66.7 Å². The first-order valence-electron chi connectivity index (χ1n) is 9.87. The minimum atomic E-state index is -0.199. The van der Waals surface area contributed by atoms with Crippen molar-refractivity contribution in [1.29, 1.82) is 0 Å². The van der Waals surface area contributed by atoms with E-state index in [2.05, 4.69) is 39.8 Å². The number of imide groups is 1. The molecule has 0 aromatic carbocycles. The van der Waals surface area contributed by atoms with Crippen molar-refractivity contribution in [1.82, 2.24) is 4.90 Å². The molecule has 4 unspecified atom stereocenters. The molecule has 0 aromatic rings. The molecule has 2 amide bonds. The Hall–Kier alpha value is -1.71. The van der Waals surface area contributed by atoms with Gasteiger partial charge in [-0.2, -0.15) is 0 Å². The van der Waals surface area contributed by atoms with Crippen LogP contribution in [-0.4, -0.2) is 29.0 Å². The van der Waals surface area contributed by atoms with Crippen molar-refractivity contribution in [3.63, 3.8) is 0 Å². The second kappa shape index (κ2) is 8.79. The van der Waals surface area contributed by atoms with E-state index < -0.39 is 0 Å². The number of fused-ring (bicyclic) bond motifs is 1. The zero-order valence-corrected chi connectivity index (χ0v) is 16.9. The molecule has 0 N–H and O–H groups in total. The van der Waals surface area contributed by atoms with E-state index in [4.69, 9.17) is 0 Å². The predicted molar refractivity (Wildman–Crippen MR) is 103 cm³/mol. The van der Waals surface area contributed by atoms with E-state index in [1.54, 1.807) is 6.92 Å². The first kappa shape index (κ1) is 20.6. The molecule has 1 saturated heterocycles. The number of rotatable bonds is 8. The Morgan fingerprint density at radius 2 is 1.38 bits per heavy atom. The predicted octanol–water partition coefficient (Wildman–Crippen LogP) is 4.31. The van der Waals surface area contributed by atoms with Gasteiger partial charge in [-0.1, -0.05) is 29.7 Å². The monoisotopic (exact) mass is 359 g/mol. The van der Waals surface area contributed by atoms with E-state index >= 15 is 0 Å². The molecular weight excluding hydrogens is 326 g/mol. The van der Waals surface area contributed by atoms with Gasteiger partial charge in [-0.05, 0) is 65.7 Å². The summed E-state index contributed by atoms with van der Waals surface area (Å²) in [5.74, 6) is 0.138. The second-order valence-electron chi connectivity index (χ2n) is 8.44. The van der Waals surface area contributed by atoms with Gasteiger partial charge in [0.1, 0.15) is 5.78 Å². The van der Waals surface area contributed by atoms with Gasteiger partial charge >= 0.3 is 0 Å². The van der Waals surface area contributed by atoms with Gasteiger partial charge in [0.25, 0.3) is 0 Å². The SMILES string of the molecule is CC(=O)CCCCCN1C(=O)C2C(C=C(C)C)CC(C=C(C)C)C2C1=O. The average Bonchev–Trinajstić information content (AvgIpc) is 2.97. The van der Waals surface area contributed by atoms with Crippen molar-refractivity contribution in [2.75, 3.05) is 6.54 Å². The Kier molecular flexibility index (Phi) is 6.96. The lowest BCUT2D eigenvalue weighted by Gasteiger charge is -2.19. The van der Waals surface area contributed by atoms with Crippen LogP contribution in [0.15, 0.2) is 23.3 Å². The number of carbonyl (C=O) groups excluding carboxylic acids is 3. The normalized spacial score (nSPS) is 27.5. The highest BCUT2D eigenvalue weighted by Crippen LogP contribution is 2.49. The number of ketones is 1. The van der Waals surface area contributed by atoms with Gasteiger partial charge in [-0.15, -0.1) is 0 Å². The van der Waals surface area contributed by atoms with Gasteiger partial charge in [0.05, 0.1) is 11.8 Å². The van der Waals surface area contributed by atoms with Gasteiger partial charge in [0.2, 0.25) is 11.8 Å². The van der Waals surface area contributed by atoms with Gasteiger partial charge in [-0.25, -0.2) is 0 Å². The molecule has 0 aromatic heterocycles. The third-order valence-electron chi connectivity index (χ3n) is 5.46. The zero-order valence-electron chi connectivity index (χ0n) is 16.9. The zero-order chi connectivity index (χ0) is 19.4. The average molecular weight is 360 g/mol. The van der Waals surface area contributed by atoms with E-state index in [9.17, 15) is 14.4 Å². The van der Waals surface area contributed by atoms with E-state index in [1.165, 1.54) is 16.0 Å². The van der Waals surface area contributed by atoms with Crippen LogP contribution in [0.3, 0.4) is 0 Å². The fourth-order valence-corrected chi connectivity index (χ4v) is 4.52. The van der Waals surface area contributed by atoms with E-state index in [0.29, 0.717) is 13.0 Å². The van der Waals surface area contributed by atoms with Crippen LogP contribution >= 0.6 is 0 Å². The Morgan fingerprint density at radius 1 is 0.885 bits per heavy atom. The van der Waals surface area contributed by atoms with Gasteiger partial charge in [0.15, 0.2) is 0 Å². The molecule has 0 bridgehead atoms. The first-order chi connectivity index (χ1) is 12.2. The Bertz CT molecular complexity index is 581.